The Balaban J connectivity index is 1.53. The van der Waals surface area contributed by atoms with Gasteiger partial charge < -0.3 is 10.2 Å². The Hall–Kier alpha value is -2.26. The van der Waals surface area contributed by atoms with Crippen LogP contribution >= 0.6 is 0 Å². The van der Waals surface area contributed by atoms with Crippen molar-refractivity contribution >= 4 is 21.6 Å². The molecule has 3 rings (SSSR count). The van der Waals surface area contributed by atoms with Gasteiger partial charge in [0.15, 0.2) is 0 Å². The van der Waals surface area contributed by atoms with Gasteiger partial charge in [0.25, 0.3) is 0 Å². The number of benzene rings is 2. The lowest BCUT2D eigenvalue weighted by atomic mass is 10.1. The Labute approximate surface area is 179 Å². The normalized spacial score (nSPS) is 15.8. The zero-order valence-electron chi connectivity index (χ0n) is 17.6. The third kappa shape index (κ3) is 6.37. The van der Waals surface area contributed by atoms with Gasteiger partial charge in [0, 0.05) is 51.4 Å². The van der Waals surface area contributed by atoms with E-state index in [2.05, 4.69) is 39.0 Å². The SMILES string of the molecule is CCC(=O)Nc1ccc(S(=O)(=O)NCc2ccc(CN3CCN(C)CC3)cc2)cc1. The fourth-order valence-electron chi connectivity index (χ4n) is 3.26. The van der Waals surface area contributed by atoms with Crippen molar-refractivity contribution in [2.45, 2.75) is 31.3 Å². The molecule has 1 aliphatic rings. The van der Waals surface area contributed by atoms with E-state index in [0.717, 1.165) is 38.3 Å². The van der Waals surface area contributed by atoms with E-state index in [1.165, 1.54) is 17.7 Å². The largest absolute Gasteiger partial charge is 0.326 e. The lowest BCUT2D eigenvalue weighted by molar-refractivity contribution is -0.115. The Morgan fingerprint density at radius 2 is 1.53 bits per heavy atom. The zero-order valence-corrected chi connectivity index (χ0v) is 18.4. The highest BCUT2D eigenvalue weighted by Gasteiger charge is 2.15. The van der Waals surface area contributed by atoms with Gasteiger partial charge >= 0.3 is 0 Å². The Kier molecular flexibility index (Phi) is 7.60. The monoisotopic (exact) mass is 430 g/mol. The number of carbonyl (C=O) groups excluding carboxylic acids is 1. The van der Waals surface area contributed by atoms with Crippen LogP contribution in [0.5, 0.6) is 0 Å². The molecule has 30 heavy (non-hydrogen) atoms. The average Bonchev–Trinajstić information content (AvgIpc) is 2.75. The molecule has 1 aliphatic heterocycles. The van der Waals surface area contributed by atoms with E-state index in [0.29, 0.717) is 12.1 Å². The van der Waals surface area contributed by atoms with Gasteiger partial charge in [-0.15, -0.1) is 0 Å². The molecule has 1 heterocycles. The lowest BCUT2D eigenvalue weighted by Gasteiger charge is -2.32. The number of nitrogens with zero attached hydrogens (tertiary/aromatic N) is 2. The molecule has 0 atom stereocenters. The summed E-state index contributed by atoms with van der Waals surface area (Å²) in [7, 11) is -1.48. The number of amides is 1. The van der Waals surface area contributed by atoms with E-state index >= 15 is 0 Å². The number of rotatable bonds is 8. The van der Waals surface area contributed by atoms with E-state index in [-0.39, 0.29) is 17.3 Å². The number of carbonyl (C=O) groups is 1. The number of piperazine rings is 1. The van der Waals surface area contributed by atoms with Crippen LogP contribution in [0.4, 0.5) is 5.69 Å². The molecule has 7 nitrogen and oxygen atoms in total. The highest BCUT2D eigenvalue weighted by Crippen LogP contribution is 2.15. The van der Waals surface area contributed by atoms with Gasteiger partial charge in [-0.2, -0.15) is 0 Å². The molecule has 2 aromatic carbocycles. The first-order valence-corrected chi connectivity index (χ1v) is 11.7. The first kappa shape index (κ1) is 22.4. The molecular weight excluding hydrogens is 400 g/mol. The topological polar surface area (TPSA) is 81.7 Å². The molecule has 2 aromatic rings. The fourth-order valence-corrected chi connectivity index (χ4v) is 4.27. The predicted octanol–water partition coefficient (Wildman–Crippen LogP) is 2.26. The molecule has 0 aromatic heterocycles. The molecule has 0 spiro atoms. The molecule has 0 aliphatic carbocycles. The van der Waals surface area contributed by atoms with Crippen molar-refractivity contribution in [3.8, 4) is 0 Å². The molecule has 1 amide bonds. The summed E-state index contributed by atoms with van der Waals surface area (Å²) in [4.78, 5) is 16.4. The van der Waals surface area contributed by atoms with Crippen LogP contribution in [-0.4, -0.2) is 57.4 Å². The number of anilines is 1. The van der Waals surface area contributed by atoms with Crippen LogP contribution in [0.1, 0.15) is 24.5 Å². The summed E-state index contributed by atoms with van der Waals surface area (Å²) >= 11 is 0. The maximum absolute atomic E-state index is 12.5. The fraction of sp³-hybridized carbons (Fsp3) is 0.409. The quantitative estimate of drug-likeness (QED) is 0.671. The molecule has 2 N–H and O–H groups in total. The third-order valence-electron chi connectivity index (χ3n) is 5.26. The molecule has 1 saturated heterocycles. The second kappa shape index (κ2) is 10.2. The maximum atomic E-state index is 12.5. The molecular formula is C22H30N4O3S. The summed E-state index contributed by atoms with van der Waals surface area (Å²) < 4.78 is 27.7. The highest BCUT2D eigenvalue weighted by atomic mass is 32.2. The van der Waals surface area contributed by atoms with Crippen molar-refractivity contribution in [3.05, 3.63) is 59.7 Å². The molecule has 8 heteroatoms. The van der Waals surface area contributed by atoms with Gasteiger partial charge in [-0.05, 0) is 42.4 Å². The van der Waals surface area contributed by atoms with Gasteiger partial charge in [0.2, 0.25) is 15.9 Å². The minimum atomic E-state index is -3.62. The number of likely N-dealkylation sites (N-methyl/N-ethyl adjacent to an activating group) is 1. The maximum Gasteiger partial charge on any atom is 0.240 e. The first-order chi connectivity index (χ1) is 14.4. The lowest BCUT2D eigenvalue weighted by Crippen LogP contribution is -2.43. The minimum Gasteiger partial charge on any atom is -0.326 e. The highest BCUT2D eigenvalue weighted by molar-refractivity contribution is 7.89. The zero-order chi connectivity index (χ0) is 21.6. The average molecular weight is 431 g/mol. The van der Waals surface area contributed by atoms with Crippen molar-refractivity contribution in [2.24, 2.45) is 0 Å². The van der Waals surface area contributed by atoms with Crippen molar-refractivity contribution in [2.75, 3.05) is 38.5 Å². The van der Waals surface area contributed by atoms with Crippen LogP contribution in [0.3, 0.4) is 0 Å². The number of sulfonamides is 1. The second-order valence-electron chi connectivity index (χ2n) is 7.65. The van der Waals surface area contributed by atoms with Crippen LogP contribution in [0.15, 0.2) is 53.4 Å². The molecule has 0 saturated carbocycles. The number of hydrogen-bond donors (Lipinski definition) is 2. The van der Waals surface area contributed by atoms with Gasteiger partial charge in [0.1, 0.15) is 0 Å². The molecule has 0 bridgehead atoms. The Morgan fingerprint density at radius 1 is 0.933 bits per heavy atom. The van der Waals surface area contributed by atoms with Gasteiger partial charge in [-0.3, -0.25) is 9.69 Å². The van der Waals surface area contributed by atoms with Crippen molar-refractivity contribution in [1.82, 2.24) is 14.5 Å². The van der Waals surface area contributed by atoms with Crippen molar-refractivity contribution in [1.29, 1.82) is 0 Å². The Bertz CT molecular complexity index is 935. The van der Waals surface area contributed by atoms with Crippen LogP contribution < -0.4 is 10.0 Å². The minimum absolute atomic E-state index is 0.111. The molecule has 1 fully saturated rings. The predicted molar refractivity (Wildman–Crippen MR) is 119 cm³/mol. The van der Waals surface area contributed by atoms with E-state index in [1.807, 2.05) is 12.1 Å². The third-order valence-corrected chi connectivity index (χ3v) is 6.68. The van der Waals surface area contributed by atoms with Crippen molar-refractivity contribution in [3.63, 3.8) is 0 Å². The number of nitrogens with one attached hydrogen (secondary N) is 2. The van der Waals surface area contributed by atoms with Crippen LogP contribution in [0, 0.1) is 0 Å². The summed E-state index contributed by atoms with van der Waals surface area (Å²) in [6.07, 6.45) is 0.371. The number of hydrogen-bond acceptors (Lipinski definition) is 5. The standard InChI is InChI=1S/C22H30N4O3S/c1-3-22(27)24-20-8-10-21(11-9-20)30(28,29)23-16-18-4-6-19(7-5-18)17-26-14-12-25(2)13-15-26/h4-11,23H,3,12-17H2,1-2H3,(H,24,27). The summed E-state index contributed by atoms with van der Waals surface area (Å²) in [6.45, 7) is 7.22. The summed E-state index contributed by atoms with van der Waals surface area (Å²) in [6, 6.07) is 14.2. The summed E-state index contributed by atoms with van der Waals surface area (Å²) in [5.74, 6) is -0.111. The van der Waals surface area contributed by atoms with Crippen molar-refractivity contribution < 1.29 is 13.2 Å². The van der Waals surface area contributed by atoms with Crippen LogP contribution in [-0.2, 0) is 27.9 Å². The van der Waals surface area contributed by atoms with E-state index in [9.17, 15) is 13.2 Å². The molecule has 162 valence electrons. The molecule has 0 radical (unpaired) electrons. The van der Waals surface area contributed by atoms with E-state index in [1.54, 1.807) is 19.1 Å². The Morgan fingerprint density at radius 3 is 2.13 bits per heavy atom. The van der Waals surface area contributed by atoms with Crippen LogP contribution in [0.25, 0.3) is 0 Å². The summed E-state index contributed by atoms with van der Waals surface area (Å²) in [5, 5.41) is 2.70. The van der Waals surface area contributed by atoms with Gasteiger partial charge in [0.05, 0.1) is 4.90 Å². The van der Waals surface area contributed by atoms with E-state index in [4.69, 9.17) is 0 Å². The first-order valence-electron chi connectivity index (χ1n) is 10.2. The molecule has 0 unspecified atom stereocenters. The van der Waals surface area contributed by atoms with Gasteiger partial charge in [-0.25, -0.2) is 13.1 Å². The smallest absolute Gasteiger partial charge is 0.240 e. The second-order valence-corrected chi connectivity index (χ2v) is 9.41. The summed E-state index contributed by atoms with van der Waals surface area (Å²) in [5.41, 5.74) is 2.72. The van der Waals surface area contributed by atoms with Gasteiger partial charge in [-0.1, -0.05) is 31.2 Å². The van der Waals surface area contributed by atoms with E-state index < -0.39 is 10.0 Å². The van der Waals surface area contributed by atoms with Crippen LogP contribution in [0.2, 0.25) is 0 Å².